The van der Waals surface area contributed by atoms with Crippen molar-refractivity contribution >= 4 is 5.69 Å². The normalized spacial score (nSPS) is 22.5. The molecule has 0 spiro atoms. The van der Waals surface area contributed by atoms with Gasteiger partial charge in [-0.1, -0.05) is 25.1 Å². The maximum absolute atomic E-state index is 3.66. The molecule has 1 saturated heterocycles. The third-order valence-electron chi connectivity index (χ3n) is 4.53. The van der Waals surface area contributed by atoms with Crippen LogP contribution in [0.1, 0.15) is 30.9 Å². The van der Waals surface area contributed by atoms with E-state index in [1.165, 1.54) is 49.2 Å². The first-order valence-corrected chi connectivity index (χ1v) is 7.68. The average Bonchev–Trinajstić information content (AvgIpc) is 3.07. The van der Waals surface area contributed by atoms with Gasteiger partial charge in [0.25, 0.3) is 0 Å². The monoisotopic (exact) mass is 259 g/mol. The number of rotatable bonds is 5. The summed E-state index contributed by atoms with van der Waals surface area (Å²) >= 11 is 0. The highest BCUT2D eigenvalue weighted by Gasteiger charge is 2.22. The first kappa shape index (κ1) is 12.9. The lowest BCUT2D eigenvalue weighted by molar-refractivity contribution is 0.260. The number of fused-ring (bicyclic) bond motifs is 1. The predicted molar refractivity (Wildman–Crippen MR) is 80.6 cm³/mol. The Balaban J connectivity index is 1.54. The highest BCUT2D eigenvalue weighted by Crippen LogP contribution is 2.26. The van der Waals surface area contributed by atoms with Crippen molar-refractivity contribution in [3.63, 3.8) is 0 Å². The fraction of sp³-hybridized carbons (Fsp3) is 0.625. The van der Waals surface area contributed by atoms with E-state index in [2.05, 4.69) is 40.7 Å². The highest BCUT2D eigenvalue weighted by atomic mass is 15.2. The summed E-state index contributed by atoms with van der Waals surface area (Å²) in [6.07, 6.45) is 3.89. The van der Waals surface area contributed by atoms with Crippen molar-refractivity contribution in [3.8, 4) is 0 Å². The molecule has 2 heterocycles. The summed E-state index contributed by atoms with van der Waals surface area (Å²) in [6.45, 7) is 7.95. The Bertz CT molecular complexity index is 430. The third kappa shape index (κ3) is 2.77. The van der Waals surface area contributed by atoms with Crippen molar-refractivity contribution in [1.82, 2.24) is 10.2 Å². The van der Waals surface area contributed by atoms with Crippen LogP contribution in [0.2, 0.25) is 0 Å². The fourth-order valence-electron chi connectivity index (χ4n) is 3.47. The molecular formula is C16H25N3. The molecule has 1 fully saturated rings. The summed E-state index contributed by atoms with van der Waals surface area (Å²) in [5, 5.41) is 7.17. The number of nitrogens with zero attached hydrogens (tertiary/aromatic N) is 1. The van der Waals surface area contributed by atoms with Crippen molar-refractivity contribution in [1.29, 1.82) is 0 Å². The molecule has 1 aromatic rings. The number of anilines is 1. The molecule has 1 unspecified atom stereocenters. The van der Waals surface area contributed by atoms with Gasteiger partial charge in [-0.25, -0.2) is 0 Å². The number of para-hydroxylation sites is 1. The van der Waals surface area contributed by atoms with Gasteiger partial charge in [0.15, 0.2) is 0 Å². The van der Waals surface area contributed by atoms with E-state index in [1.54, 1.807) is 0 Å². The van der Waals surface area contributed by atoms with E-state index in [-0.39, 0.29) is 0 Å². The maximum Gasteiger partial charge on any atom is 0.0419 e. The molecule has 3 heteroatoms. The van der Waals surface area contributed by atoms with Gasteiger partial charge in [-0.2, -0.15) is 0 Å². The number of benzene rings is 1. The number of likely N-dealkylation sites (N-methyl/N-ethyl adjacent to an activating group) is 1. The van der Waals surface area contributed by atoms with Gasteiger partial charge in [0.05, 0.1) is 0 Å². The first-order chi connectivity index (χ1) is 9.38. The molecule has 3 nitrogen and oxygen atoms in total. The van der Waals surface area contributed by atoms with E-state index in [9.17, 15) is 0 Å². The zero-order valence-electron chi connectivity index (χ0n) is 11.9. The quantitative estimate of drug-likeness (QED) is 0.849. The molecule has 0 saturated carbocycles. The van der Waals surface area contributed by atoms with Crippen molar-refractivity contribution in [3.05, 3.63) is 29.3 Å². The summed E-state index contributed by atoms with van der Waals surface area (Å²) in [4.78, 5) is 2.60. The SMILES string of the molecule is CCN1CCCC1CNCc1cccc2c1NCC2. The smallest absolute Gasteiger partial charge is 0.0419 e. The largest absolute Gasteiger partial charge is 0.384 e. The summed E-state index contributed by atoms with van der Waals surface area (Å²) in [7, 11) is 0. The molecule has 0 amide bonds. The van der Waals surface area contributed by atoms with Gasteiger partial charge in [-0.3, -0.25) is 4.90 Å². The van der Waals surface area contributed by atoms with Gasteiger partial charge < -0.3 is 10.6 Å². The first-order valence-electron chi connectivity index (χ1n) is 7.68. The van der Waals surface area contributed by atoms with Crippen LogP contribution in [0.5, 0.6) is 0 Å². The van der Waals surface area contributed by atoms with Gasteiger partial charge in [0.1, 0.15) is 0 Å². The zero-order valence-corrected chi connectivity index (χ0v) is 11.9. The van der Waals surface area contributed by atoms with Gasteiger partial charge in [-0.05, 0) is 43.5 Å². The van der Waals surface area contributed by atoms with Crippen LogP contribution in [-0.4, -0.2) is 37.1 Å². The van der Waals surface area contributed by atoms with Gasteiger partial charge >= 0.3 is 0 Å². The molecule has 2 aliphatic heterocycles. The Labute approximate surface area is 116 Å². The maximum atomic E-state index is 3.66. The molecule has 1 aromatic carbocycles. The minimum Gasteiger partial charge on any atom is -0.384 e. The van der Waals surface area contributed by atoms with Crippen LogP contribution in [0, 0.1) is 0 Å². The Morgan fingerprint density at radius 2 is 2.37 bits per heavy atom. The van der Waals surface area contributed by atoms with E-state index >= 15 is 0 Å². The van der Waals surface area contributed by atoms with E-state index in [0.717, 1.165) is 25.7 Å². The Morgan fingerprint density at radius 1 is 1.42 bits per heavy atom. The van der Waals surface area contributed by atoms with Crippen molar-refractivity contribution in [2.75, 3.05) is 31.5 Å². The van der Waals surface area contributed by atoms with E-state index in [4.69, 9.17) is 0 Å². The van der Waals surface area contributed by atoms with Crippen molar-refractivity contribution in [2.45, 2.75) is 38.8 Å². The number of likely N-dealkylation sites (tertiary alicyclic amines) is 1. The van der Waals surface area contributed by atoms with Crippen LogP contribution in [0.4, 0.5) is 5.69 Å². The standard InChI is InChI=1S/C16H25N3/c1-2-19-10-4-7-15(19)12-17-11-14-6-3-5-13-8-9-18-16(13)14/h3,5-6,15,17-18H,2,4,7-12H2,1H3. The topological polar surface area (TPSA) is 27.3 Å². The summed E-state index contributed by atoms with van der Waals surface area (Å²) in [5.41, 5.74) is 4.29. The number of hydrogen-bond donors (Lipinski definition) is 2. The molecule has 0 aliphatic carbocycles. The minimum atomic E-state index is 0.745. The molecule has 19 heavy (non-hydrogen) atoms. The molecule has 104 valence electrons. The number of nitrogens with one attached hydrogen (secondary N) is 2. The molecule has 3 rings (SSSR count). The Hall–Kier alpha value is -1.06. The summed E-state index contributed by atoms with van der Waals surface area (Å²) in [6, 6.07) is 7.43. The van der Waals surface area contributed by atoms with Gasteiger partial charge in [-0.15, -0.1) is 0 Å². The molecule has 0 bridgehead atoms. The van der Waals surface area contributed by atoms with E-state index < -0.39 is 0 Å². The van der Waals surface area contributed by atoms with E-state index in [0.29, 0.717) is 0 Å². The lowest BCUT2D eigenvalue weighted by Gasteiger charge is -2.23. The molecule has 2 N–H and O–H groups in total. The van der Waals surface area contributed by atoms with Crippen LogP contribution >= 0.6 is 0 Å². The zero-order chi connectivity index (χ0) is 13.1. The van der Waals surface area contributed by atoms with Gasteiger partial charge in [0, 0.05) is 31.4 Å². The highest BCUT2D eigenvalue weighted by molar-refractivity contribution is 5.61. The minimum absolute atomic E-state index is 0.745. The second kappa shape index (κ2) is 5.93. The van der Waals surface area contributed by atoms with Crippen LogP contribution < -0.4 is 10.6 Å². The third-order valence-corrected chi connectivity index (χ3v) is 4.53. The van der Waals surface area contributed by atoms with Crippen molar-refractivity contribution < 1.29 is 0 Å². The van der Waals surface area contributed by atoms with Crippen LogP contribution in [0.15, 0.2) is 18.2 Å². The molecule has 0 aromatic heterocycles. The Kier molecular flexibility index (Phi) is 4.04. The summed E-state index contributed by atoms with van der Waals surface area (Å²) < 4.78 is 0. The molecular weight excluding hydrogens is 234 g/mol. The summed E-state index contributed by atoms with van der Waals surface area (Å²) in [5.74, 6) is 0. The molecule has 2 aliphatic rings. The van der Waals surface area contributed by atoms with Crippen LogP contribution in [0.25, 0.3) is 0 Å². The fourth-order valence-corrected chi connectivity index (χ4v) is 3.47. The van der Waals surface area contributed by atoms with Crippen LogP contribution in [0.3, 0.4) is 0 Å². The average molecular weight is 259 g/mol. The lowest BCUT2D eigenvalue weighted by Crippen LogP contribution is -2.37. The second-order valence-corrected chi connectivity index (χ2v) is 5.68. The van der Waals surface area contributed by atoms with Gasteiger partial charge in [0.2, 0.25) is 0 Å². The number of hydrogen-bond acceptors (Lipinski definition) is 3. The predicted octanol–water partition coefficient (Wildman–Crippen LogP) is 2.23. The second-order valence-electron chi connectivity index (χ2n) is 5.68. The van der Waals surface area contributed by atoms with E-state index in [1.807, 2.05) is 0 Å². The van der Waals surface area contributed by atoms with Crippen molar-refractivity contribution in [2.24, 2.45) is 0 Å². The lowest BCUT2D eigenvalue weighted by atomic mass is 10.1. The van der Waals surface area contributed by atoms with Crippen LogP contribution in [-0.2, 0) is 13.0 Å². The molecule has 0 radical (unpaired) electrons. The Morgan fingerprint density at radius 3 is 3.26 bits per heavy atom. The molecule has 1 atom stereocenters.